The number of hydrogen-bond donors (Lipinski definition) is 1. The molecule has 1 aromatic carbocycles. The maximum Gasteiger partial charge on any atom is 0.416 e. The fourth-order valence-electron chi connectivity index (χ4n) is 3.02. The van der Waals surface area contributed by atoms with Crippen molar-refractivity contribution in [1.29, 1.82) is 0 Å². The molecule has 1 aliphatic heterocycles. The lowest BCUT2D eigenvalue weighted by atomic mass is 10.1. The van der Waals surface area contributed by atoms with E-state index in [1.165, 1.54) is 23.0 Å². The van der Waals surface area contributed by atoms with Gasteiger partial charge in [-0.25, -0.2) is 4.68 Å². The molecule has 0 unspecified atom stereocenters. The molecule has 2 aromatic rings. The van der Waals surface area contributed by atoms with Crippen LogP contribution < -0.4 is 5.32 Å². The molecule has 1 atom stereocenters. The molecule has 5 nitrogen and oxygen atoms in total. The van der Waals surface area contributed by atoms with E-state index in [1.54, 1.807) is 18.9 Å². The van der Waals surface area contributed by atoms with Crippen LogP contribution in [0.2, 0.25) is 0 Å². The van der Waals surface area contributed by atoms with Gasteiger partial charge in [-0.15, -0.1) is 0 Å². The summed E-state index contributed by atoms with van der Waals surface area (Å²) in [5, 5.41) is 7.33. The van der Waals surface area contributed by atoms with Crippen LogP contribution in [0.5, 0.6) is 0 Å². The van der Waals surface area contributed by atoms with E-state index in [9.17, 15) is 18.0 Å². The van der Waals surface area contributed by atoms with Crippen LogP contribution in [0.3, 0.4) is 0 Å². The highest BCUT2D eigenvalue weighted by molar-refractivity contribution is 5.95. The number of amides is 1. The minimum absolute atomic E-state index is 0.115. The Morgan fingerprint density at radius 2 is 2.16 bits per heavy atom. The van der Waals surface area contributed by atoms with Gasteiger partial charge < -0.3 is 10.2 Å². The van der Waals surface area contributed by atoms with Gasteiger partial charge in [0.05, 0.1) is 28.7 Å². The largest absolute Gasteiger partial charge is 0.416 e. The number of aromatic nitrogens is 2. The molecule has 134 valence electrons. The summed E-state index contributed by atoms with van der Waals surface area (Å²) in [7, 11) is 1.74. The molecule has 1 aliphatic rings. The molecule has 1 N–H and O–H groups in total. The zero-order valence-electron chi connectivity index (χ0n) is 14.0. The lowest BCUT2D eigenvalue weighted by Crippen LogP contribution is -2.38. The smallest absolute Gasteiger partial charge is 0.337 e. The Bertz CT molecular complexity index is 778. The molecule has 25 heavy (non-hydrogen) atoms. The van der Waals surface area contributed by atoms with Gasteiger partial charge in [-0.1, -0.05) is 6.07 Å². The number of benzene rings is 1. The molecule has 2 heterocycles. The van der Waals surface area contributed by atoms with Gasteiger partial charge in [-0.2, -0.15) is 18.3 Å². The number of likely N-dealkylation sites (N-methyl/N-ethyl adjacent to an activating group) is 1. The predicted molar refractivity (Wildman–Crippen MR) is 86.7 cm³/mol. The van der Waals surface area contributed by atoms with E-state index in [0.29, 0.717) is 11.3 Å². The molecule has 1 amide bonds. The maximum atomic E-state index is 12.9. The van der Waals surface area contributed by atoms with Crippen molar-refractivity contribution in [2.24, 2.45) is 0 Å². The van der Waals surface area contributed by atoms with Crippen molar-refractivity contribution in [3.05, 3.63) is 47.3 Å². The highest BCUT2D eigenvalue weighted by Gasteiger charge is 2.31. The van der Waals surface area contributed by atoms with Crippen molar-refractivity contribution in [3.63, 3.8) is 0 Å². The lowest BCUT2D eigenvalue weighted by molar-refractivity contribution is -0.137. The standard InChI is InChI=1S/C17H19F3N4O/c1-11-15(16(25)23(2)14-6-7-21-9-14)10-22-24(11)13-5-3-4-12(8-13)17(18,19)20/h3-5,8,10,14,21H,6-7,9H2,1-2H3/t14-/m1/s1. The van der Waals surface area contributed by atoms with Crippen molar-refractivity contribution >= 4 is 5.91 Å². The highest BCUT2D eigenvalue weighted by atomic mass is 19.4. The molecule has 0 aliphatic carbocycles. The lowest BCUT2D eigenvalue weighted by Gasteiger charge is -2.23. The number of hydrogen-bond acceptors (Lipinski definition) is 3. The van der Waals surface area contributed by atoms with E-state index < -0.39 is 11.7 Å². The fraction of sp³-hybridized carbons (Fsp3) is 0.412. The van der Waals surface area contributed by atoms with Crippen molar-refractivity contribution in [2.45, 2.75) is 25.6 Å². The van der Waals surface area contributed by atoms with Crippen LogP contribution in [0.15, 0.2) is 30.5 Å². The van der Waals surface area contributed by atoms with Gasteiger partial charge in [0.2, 0.25) is 0 Å². The average molecular weight is 352 g/mol. The van der Waals surface area contributed by atoms with Crippen LogP contribution in [0, 0.1) is 6.92 Å². The monoisotopic (exact) mass is 352 g/mol. The second-order valence-corrected chi connectivity index (χ2v) is 6.17. The maximum absolute atomic E-state index is 12.9. The van der Waals surface area contributed by atoms with Crippen LogP contribution in [0.4, 0.5) is 13.2 Å². The molecule has 0 radical (unpaired) electrons. The quantitative estimate of drug-likeness (QED) is 0.924. The van der Waals surface area contributed by atoms with Crippen molar-refractivity contribution in [2.75, 3.05) is 20.1 Å². The van der Waals surface area contributed by atoms with E-state index in [0.717, 1.165) is 31.6 Å². The number of alkyl halides is 3. The summed E-state index contributed by atoms with van der Waals surface area (Å²) in [4.78, 5) is 14.4. The summed E-state index contributed by atoms with van der Waals surface area (Å²) in [5.74, 6) is -0.176. The molecule has 0 bridgehead atoms. The van der Waals surface area contributed by atoms with E-state index in [1.807, 2.05) is 0 Å². The summed E-state index contributed by atoms with van der Waals surface area (Å²) < 4.78 is 40.1. The molecule has 1 aromatic heterocycles. The van der Waals surface area contributed by atoms with Gasteiger partial charge in [-0.05, 0) is 38.1 Å². The summed E-state index contributed by atoms with van der Waals surface area (Å²) in [5.41, 5.74) is 0.437. The minimum Gasteiger partial charge on any atom is -0.337 e. The molecular weight excluding hydrogens is 333 g/mol. The number of nitrogens with zero attached hydrogens (tertiary/aromatic N) is 3. The minimum atomic E-state index is -4.43. The third-order valence-corrected chi connectivity index (χ3v) is 4.56. The van der Waals surface area contributed by atoms with Gasteiger partial charge in [0.1, 0.15) is 0 Å². The second kappa shape index (κ2) is 6.51. The Kier molecular flexibility index (Phi) is 4.55. The molecule has 0 spiro atoms. The Labute approximate surface area is 143 Å². The third-order valence-electron chi connectivity index (χ3n) is 4.56. The summed E-state index contributed by atoms with van der Waals surface area (Å²) in [6.45, 7) is 3.29. The summed E-state index contributed by atoms with van der Waals surface area (Å²) in [6.07, 6.45) is -2.13. The van der Waals surface area contributed by atoms with Crippen molar-refractivity contribution in [3.8, 4) is 5.69 Å². The SMILES string of the molecule is Cc1c(C(=O)N(C)[C@@H]2CCNC2)cnn1-c1cccc(C(F)(F)F)c1. The fourth-order valence-corrected chi connectivity index (χ4v) is 3.02. The van der Waals surface area contributed by atoms with Crippen LogP contribution in [-0.4, -0.2) is 46.8 Å². The van der Waals surface area contributed by atoms with E-state index >= 15 is 0 Å². The van der Waals surface area contributed by atoms with Crippen molar-refractivity contribution < 1.29 is 18.0 Å². The average Bonchev–Trinajstić information content (AvgIpc) is 3.22. The van der Waals surface area contributed by atoms with Gasteiger partial charge in [-0.3, -0.25) is 4.79 Å². The van der Waals surface area contributed by atoms with Crippen LogP contribution >= 0.6 is 0 Å². The first-order chi connectivity index (χ1) is 11.8. The zero-order chi connectivity index (χ0) is 18.2. The molecule has 1 fully saturated rings. The van der Waals surface area contributed by atoms with E-state index in [-0.39, 0.29) is 17.6 Å². The molecule has 0 saturated carbocycles. The number of nitrogens with one attached hydrogen (secondary N) is 1. The van der Waals surface area contributed by atoms with Gasteiger partial charge in [0.25, 0.3) is 5.91 Å². The first-order valence-corrected chi connectivity index (χ1v) is 7.99. The van der Waals surface area contributed by atoms with Crippen LogP contribution in [0.25, 0.3) is 5.69 Å². The number of halogens is 3. The van der Waals surface area contributed by atoms with Crippen LogP contribution in [0.1, 0.15) is 28.0 Å². The first-order valence-electron chi connectivity index (χ1n) is 7.99. The topological polar surface area (TPSA) is 50.2 Å². The van der Waals surface area contributed by atoms with Crippen LogP contribution in [-0.2, 0) is 6.18 Å². The molecule has 8 heteroatoms. The van der Waals surface area contributed by atoms with Crippen molar-refractivity contribution in [1.82, 2.24) is 20.0 Å². The molecule has 1 saturated heterocycles. The van der Waals surface area contributed by atoms with Gasteiger partial charge in [0, 0.05) is 19.6 Å². The Morgan fingerprint density at radius 3 is 2.80 bits per heavy atom. The summed E-state index contributed by atoms with van der Waals surface area (Å²) >= 11 is 0. The third kappa shape index (κ3) is 3.39. The zero-order valence-corrected chi connectivity index (χ0v) is 14.0. The number of rotatable bonds is 3. The second-order valence-electron chi connectivity index (χ2n) is 6.17. The first kappa shape index (κ1) is 17.5. The normalized spacial score (nSPS) is 17.7. The highest BCUT2D eigenvalue weighted by Crippen LogP contribution is 2.30. The Hall–Kier alpha value is -2.35. The number of carbonyl (C=O) groups is 1. The summed E-state index contributed by atoms with van der Waals surface area (Å²) in [6, 6.07) is 5.02. The molecule has 3 rings (SSSR count). The Morgan fingerprint density at radius 1 is 1.40 bits per heavy atom. The number of carbonyl (C=O) groups excluding carboxylic acids is 1. The molecular formula is C17H19F3N4O. The van der Waals surface area contributed by atoms with Gasteiger partial charge in [0.15, 0.2) is 0 Å². The van der Waals surface area contributed by atoms with E-state index in [2.05, 4.69) is 10.4 Å². The Balaban J connectivity index is 1.90. The van der Waals surface area contributed by atoms with Gasteiger partial charge >= 0.3 is 6.18 Å². The van der Waals surface area contributed by atoms with E-state index in [4.69, 9.17) is 0 Å². The predicted octanol–water partition coefficient (Wildman–Crippen LogP) is 2.63.